The maximum Gasteiger partial charge on any atom is 0.343 e. The molecule has 0 atom stereocenters. The van der Waals surface area contributed by atoms with Crippen LogP contribution in [0.3, 0.4) is 0 Å². The first kappa shape index (κ1) is 29.5. The lowest BCUT2D eigenvalue weighted by molar-refractivity contribution is 0.0525. The van der Waals surface area contributed by atoms with Gasteiger partial charge in [0.15, 0.2) is 17.4 Å². The summed E-state index contributed by atoms with van der Waals surface area (Å²) in [5, 5.41) is 7.95. The van der Waals surface area contributed by atoms with E-state index in [0.717, 1.165) is 23.9 Å². The number of ether oxygens (including phenoxy) is 3. The van der Waals surface area contributed by atoms with Gasteiger partial charge in [-0.25, -0.2) is 23.2 Å². The van der Waals surface area contributed by atoms with Crippen LogP contribution in [-0.4, -0.2) is 38.6 Å². The largest absolute Gasteiger partial charge is 0.462 e. The van der Waals surface area contributed by atoms with E-state index >= 15 is 0 Å². The number of carbonyl (C=O) groups excluding carboxylic acids is 3. The van der Waals surface area contributed by atoms with E-state index < -0.39 is 29.5 Å². The Kier molecular flexibility index (Phi) is 9.33. The molecule has 0 aliphatic carbocycles. The van der Waals surface area contributed by atoms with Crippen LogP contribution in [0, 0.1) is 11.6 Å². The molecule has 0 unspecified atom stereocenters. The van der Waals surface area contributed by atoms with E-state index in [-0.39, 0.29) is 40.5 Å². The molecule has 11 heteroatoms. The summed E-state index contributed by atoms with van der Waals surface area (Å²) in [5.41, 5.74) is 1.55. The van der Waals surface area contributed by atoms with E-state index in [0.29, 0.717) is 5.69 Å². The summed E-state index contributed by atoms with van der Waals surface area (Å²) >= 11 is 0. The molecule has 0 aliphatic heterocycles. The van der Waals surface area contributed by atoms with Crippen LogP contribution in [0.2, 0.25) is 0 Å². The average Bonchev–Trinajstić information content (AvgIpc) is 2.98. The van der Waals surface area contributed by atoms with Crippen molar-refractivity contribution >= 4 is 35.0 Å². The molecule has 0 saturated heterocycles. The van der Waals surface area contributed by atoms with Crippen LogP contribution in [0.1, 0.15) is 38.0 Å². The molecule has 0 aliphatic rings. The van der Waals surface area contributed by atoms with Gasteiger partial charge in [-0.1, -0.05) is 0 Å². The van der Waals surface area contributed by atoms with Gasteiger partial charge in [0.2, 0.25) is 0 Å². The minimum Gasteiger partial charge on any atom is -0.462 e. The molecule has 4 aromatic rings. The number of hydrogen-bond acceptors (Lipinski definition) is 9. The van der Waals surface area contributed by atoms with E-state index in [4.69, 9.17) is 14.2 Å². The Bertz CT molecular complexity index is 1640. The fourth-order valence-electron chi connectivity index (χ4n) is 3.55. The van der Waals surface area contributed by atoms with Crippen molar-refractivity contribution in [2.45, 2.75) is 6.92 Å². The van der Waals surface area contributed by atoms with Crippen LogP contribution in [0.5, 0.6) is 11.5 Å². The van der Waals surface area contributed by atoms with Gasteiger partial charge < -0.3 is 19.1 Å². The summed E-state index contributed by atoms with van der Waals surface area (Å²) in [5.74, 6) is -4.51. The van der Waals surface area contributed by atoms with E-state index in [1.165, 1.54) is 42.5 Å². The first-order valence-electron chi connectivity index (χ1n) is 12.6. The number of rotatable bonds is 9. The van der Waals surface area contributed by atoms with Gasteiger partial charge in [-0.15, -0.1) is 5.11 Å². The molecule has 0 N–H and O–H groups in total. The number of hydrogen-bond donors (Lipinski definition) is 0. The maximum absolute atomic E-state index is 14.6. The molecule has 0 saturated carbocycles. The summed E-state index contributed by atoms with van der Waals surface area (Å²) in [6.45, 7) is 1.75. The van der Waals surface area contributed by atoms with Crippen molar-refractivity contribution in [3.05, 3.63) is 113 Å². The van der Waals surface area contributed by atoms with Gasteiger partial charge in [-0.2, -0.15) is 5.11 Å². The normalized spacial score (nSPS) is 10.8. The molecule has 42 heavy (non-hydrogen) atoms. The van der Waals surface area contributed by atoms with Crippen LogP contribution in [0.15, 0.2) is 95.2 Å². The maximum atomic E-state index is 14.6. The molecule has 0 spiro atoms. The number of halogens is 2. The predicted octanol–water partition coefficient (Wildman–Crippen LogP) is 7.06. The van der Waals surface area contributed by atoms with Crippen LogP contribution in [-0.2, 0) is 4.74 Å². The molecule has 4 rings (SSSR count). The fraction of sp³-hybridized carbons (Fsp3) is 0.129. The molecule has 0 fully saturated rings. The van der Waals surface area contributed by atoms with Crippen LogP contribution in [0.4, 0.5) is 25.8 Å². The van der Waals surface area contributed by atoms with Crippen LogP contribution < -0.4 is 14.4 Å². The highest BCUT2D eigenvalue weighted by atomic mass is 19.1. The van der Waals surface area contributed by atoms with Gasteiger partial charge >= 0.3 is 17.9 Å². The third-order valence-corrected chi connectivity index (χ3v) is 5.77. The molecular formula is C31H25F2N3O6. The van der Waals surface area contributed by atoms with Gasteiger partial charge in [0.05, 0.1) is 29.0 Å². The van der Waals surface area contributed by atoms with E-state index in [1.807, 2.05) is 31.1 Å². The zero-order valence-corrected chi connectivity index (χ0v) is 22.8. The van der Waals surface area contributed by atoms with Crippen molar-refractivity contribution < 1.29 is 37.4 Å². The molecule has 4 aromatic carbocycles. The molecule has 0 heterocycles. The third-order valence-electron chi connectivity index (χ3n) is 5.77. The number of esters is 3. The summed E-state index contributed by atoms with van der Waals surface area (Å²) in [6.07, 6.45) is 0. The van der Waals surface area contributed by atoms with Gasteiger partial charge in [0.25, 0.3) is 0 Å². The van der Waals surface area contributed by atoms with Crippen LogP contribution >= 0.6 is 0 Å². The number of carbonyl (C=O) groups is 3. The molecule has 0 aromatic heterocycles. The van der Waals surface area contributed by atoms with Crippen molar-refractivity contribution in [2.75, 3.05) is 25.6 Å². The Morgan fingerprint density at radius 3 is 1.88 bits per heavy atom. The monoisotopic (exact) mass is 573 g/mol. The Balaban J connectivity index is 1.36. The second-order valence-corrected chi connectivity index (χ2v) is 8.95. The minimum atomic E-state index is -0.924. The Hall–Kier alpha value is -5.45. The van der Waals surface area contributed by atoms with Crippen molar-refractivity contribution in [2.24, 2.45) is 10.2 Å². The van der Waals surface area contributed by atoms with Crippen molar-refractivity contribution in [3.63, 3.8) is 0 Å². The first-order chi connectivity index (χ1) is 20.1. The number of azo groups is 1. The predicted molar refractivity (Wildman–Crippen MR) is 150 cm³/mol. The summed E-state index contributed by atoms with van der Waals surface area (Å²) in [4.78, 5) is 38.7. The Morgan fingerprint density at radius 1 is 0.690 bits per heavy atom. The summed E-state index contributed by atoms with van der Waals surface area (Å²) in [7, 11) is 3.82. The number of nitrogens with zero attached hydrogens (tertiary/aromatic N) is 3. The zero-order valence-electron chi connectivity index (χ0n) is 22.8. The zero-order chi connectivity index (χ0) is 30.2. The second kappa shape index (κ2) is 13.3. The molecule has 214 valence electrons. The lowest BCUT2D eigenvalue weighted by Gasteiger charge is -2.11. The van der Waals surface area contributed by atoms with Gasteiger partial charge in [-0.3, -0.25) is 0 Å². The van der Waals surface area contributed by atoms with Crippen molar-refractivity contribution in [1.29, 1.82) is 0 Å². The molecule has 0 radical (unpaired) electrons. The molecular weight excluding hydrogens is 548 g/mol. The average molecular weight is 574 g/mol. The highest BCUT2D eigenvalue weighted by Gasteiger charge is 2.17. The molecule has 0 amide bonds. The standard InChI is InChI=1S/C31H25F2N3O6/c1-4-40-29(37)21-9-16-28(26(33)17-21)42-31(39)20-7-5-19(6-8-20)30(38)41-24-14-15-27(25(32)18-24)35-34-22-10-12-23(13-11-22)36(2)3/h5-18H,4H2,1-3H3. The highest BCUT2D eigenvalue weighted by molar-refractivity contribution is 5.95. The Labute approximate surface area is 240 Å². The quantitative estimate of drug-likeness (QED) is 0.120. The SMILES string of the molecule is CCOC(=O)c1ccc(OC(=O)c2ccc(C(=O)Oc3ccc(N=Nc4ccc(N(C)C)cc4)c(F)c3)cc2)c(F)c1. The summed E-state index contributed by atoms with van der Waals surface area (Å²) in [6, 6.07) is 19.4. The summed E-state index contributed by atoms with van der Waals surface area (Å²) < 4.78 is 44.0. The van der Waals surface area contributed by atoms with Crippen molar-refractivity contribution in [1.82, 2.24) is 0 Å². The van der Waals surface area contributed by atoms with Gasteiger partial charge in [-0.05, 0) is 85.8 Å². The van der Waals surface area contributed by atoms with E-state index in [9.17, 15) is 23.2 Å². The first-order valence-corrected chi connectivity index (χ1v) is 12.6. The van der Waals surface area contributed by atoms with E-state index in [2.05, 4.69) is 10.2 Å². The topological polar surface area (TPSA) is 107 Å². The van der Waals surface area contributed by atoms with Crippen LogP contribution in [0.25, 0.3) is 0 Å². The third kappa shape index (κ3) is 7.39. The van der Waals surface area contributed by atoms with Crippen molar-refractivity contribution in [3.8, 4) is 11.5 Å². The lowest BCUT2D eigenvalue weighted by atomic mass is 10.1. The van der Waals surface area contributed by atoms with E-state index in [1.54, 1.807) is 19.1 Å². The molecule has 0 bridgehead atoms. The lowest BCUT2D eigenvalue weighted by Crippen LogP contribution is -2.12. The molecule has 9 nitrogen and oxygen atoms in total. The number of benzene rings is 4. The van der Waals surface area contributed by atoms with Gasteiger partial charge in [0.1, 0.15) is 11.4 Å². The second-order valence-electron chi connectivity index (χ2n) is 8.95. The smallest absolute Gasteiger partial charge is 0.343 e. The number of anilines is 1. The highest BCUT2D eigenvalue weighted by Crippen LogP contribution is 2.27. The minimum absolute atomic E-state index is 0.0255. The Morgan fingerprint density at radius 2 is 1.31 bits per heavy atom. The fourth-order valence-corrected chi connectivity index (χ4v) is 3.55. The van der Waals surface area contributed by atoms with Gasteiger partial charge in [0, 0.05) is 25.8 Å².